The van der Waals surface area contributed by atoms with Gasteiger partial charge in [-0.25, -0.2) is 4.79 Å². The number of hydrogen-bond acceptors (Lipinski definition) is 3. The van der Waals surface area contributed by atoms with Crippen LogP contribution in [0.3, 0.4) is 0 Å². The number of hydrogen-bond donors (Lipinski definition) is 2. The summed E-state index contributed by atoms with van der Waals surface area (Å²) in [6.07, 6.45) is 24.4. The van der Waals surface area contributed by atoms with Crippen molar-refractivity contribution in [3.05, 3.63) is 0 Å². The Labute approximate surface area is 166 Å². The normalized spacial score (nSPS) is 12.4. The van der Waals surface area contributed by atoms with Gasteiger partial charge in [0, 0.05) is 0 Å². The first-order valence-corrected chi connectivity index (χ1v) is 12.3. The summed E-state index contributed by atoms with van der Waals surface area (Å²) < 4.78 is 0. The van der Waals surface area contributed by atoms with Crippen LogP contribution in [-0.4, -0.2) is 27.4 Å². The van der Waals surface area contributed by atoms with Gasteiger partial charge in [0.2, 0.25) is 0 Å². The maximum Gasteiger partial charge on any atom is 0.343 e. The first kappa shape index (κ1) is 25.8. The van der Waals surface area contributed by atoms with E-state index in [4.69, 9.17) is 10.2 Å². The fraction of sp³-hybridized carbons (Fsp3) is 0.955. The van der Waals surface area contributed by atoms with Gasteiger partial charge in [0.25, 0.3) is 0 Å². The van der Waals surface area contributed by atoms with Gasteiger partial charge in [-0.15, -0.1) is 11.8 Å². The van der Waals surface area contributed by atoms with Gasteiger partial charge in [-0.2, -0.15) is 0 Å². The lowest BCUT2D eigenvalue weighted by Crippen LogP contribution is -2.15. The molecule has 0 heterocycles. The maximum atomic E-state index is 10.5. The summed E-state index contributed by atoms with van der Waals surface area (Å²) >= 11 is 1.13. The molecule has 0 aromatic carbocycles. The average molecular weight is 389 g/mol. The average Bonchev–Trinajstić information content (AvgIpc) is 2.63. The van der Waals surface area contributed by atoms with E-state index in [9.17, 15) is 4.79 Å². The van der Waals surface area contributed by atoms with Gasteiger partial charge in [0.1, 0.15) is 0 Å². The second-order valence-corrected chi connectivity index (χ2v) is 8.76. The smallest absolute Gasteiger partial charge is 0.343 e. The maximum absolute atomic E-state index is 10.5. The number of aliphatic hydroxyl groups excluding tert-OH is 1. The SMILES string of the molecule is CCCCCCCCCCCCCCCCCCCCSC(O)C(=O)O. The highest BCUT2D eigenvalue weighted by Gasteiger charge is 2.12. The van der Waals surface area contributed by atoms with Crippen molar-refractivity contribution in [1.29, 1.82) is 0 Å². The quantitative estimate of drug-likeness (QED) is 0.162. The van der Waals surface area contributed by atoms with Gasteiger partial charge in [0.15, 0.2) is 5.44 Å². The van der Waals surface area contributed by atoms with Crippen LogP contribution in [-0.2, 0) is 4.79 Å². The topological polar surface area (TPSA) is 57.5 Å². The number of aliphatic carboxylic acids is 1. The van der Waals surface area contributed by atoms with E-state index in [0.29, 0.717) is 0 Å². The molecule has 1 unspecified atom stereocenters. The largest absolute Gasteiger partial charge is 0.479 e. The predicted octanol–water partition coefficient (Wildman–Crippen LogP) is 7.16. The molecule has 0 saturated heterocycles. The monoisotopic (exact) mass is 388 g/mol. The Bertz CT molecular complexity index is 297. The van der Waals surface area contributed by atoms with Crippen molar-refractivity contribution < 1.29 is 15.0 Å². The lowest BCUT2D eigenvalue weighted by Gasteiger charge is -2.05. The zero-order chi connectivity index (χ0) is 19.3. The Morgan fingerprint density at radius 2 is 0.962 bits per heavy atom. The molecule has 0 bridgehead atoms. The highest BCUT2D eigenvalue weighted by Crippen LogP contribution is 2.15. The van der Waals surface area contributed by atoms with E-state index in [1.807, 2.05) is 0 Å². The van der Waals surface area contributed by atoms with E-state index in [1.54, 1.807) is 0 Å². The molecular formula is C22H44O3S. The van der Waals surface area contributed by atoms with Gasteiger partial charge in [-0.05, 0) is 12.2 Å². The Kier molecular flexibility index (Phi) is 20.9. The number of carboxylic acids is 1. The van der Waals surface area contributed by atoms with Crippen LogP contribution in [0.2, 0.25) is 0 Å². The summed E-state index contributed by atoms with van der Waals surface area (Å²) in [4.78, 5) is 10.5. The molecule has 0 aromatic rings. The van der Waals surface area contributed by atoms with Gasteiger partial charge >= 0.3 is 5.97 Å². The molecule has 1 atom stereocenters. The van der Waals surface area contributed by atoms with Gasteiger partial charge in [-0.1, -0.05) is 116 Å². The summed E-state index contributed by atoms with van der Waals surface area (Å²) in [7, 11) is 0. The zero-order valence-electron chi connectivity index (χ0n) is 17.2. The second kappa shape index (κ2) is 21.1. The number of carbonyl (C=O) groups is 1. The van der Waals surface area contributed by atoms with Crippen molar-refractivity contribution in [2.45, 2.75) is 128 Å². The number of rotatable bonds is 21. The minimum atomic E-state index is -1.25. The highest BCUT2D eigenvalue weighted by atomic mass is 32.2. The number of thioether (sulfide) groups is 1. The van der Waals surface area contributed by atoms with E-state index >= 15 is 0 Å². The molecule has 26 heavy (non-hydrogen) atoms. The molecule has 0 fully saturated rings. The minimum absolute atomic E-state index is 0.742. The Hall–Kier alpha value is -0.220. The first-order chi connectivity index (χ1) is 12.7. The van der Waals surface area contributed by atoms with Crippen molar-refractivity contribution in [2.75, 3.05) is 5.75 Å². The van der Waals surface area contributed by atoms with E-state index < -0.39 is 11.4 Å². The van der Waals surface area contributed by atoms with Crippen LogP contribution in [0.4, 0.5) is 0 Å². The molecule has 3 nitrogen and oxygen atoms in total. The molecule has 0 saturated carbocycles. The molecule has 0 aliphatic heterocycles. The molecular weight excluding hydrogens is 344 g/mol. The number of unbranched alkanes of at least 4 members (excludes halogenated alkanes) is 17. The first-order valence-electron chi connectivity index (χ1n) is 11.2. The molecule has 0 rings (SSSR count). The van der Waals surface area contributed by atoms with Crippen LogP contribution < -0.4 is 0 Å². The fourth-order valence-electron chi connectivity index (χ4n) is 3.27. The Balaban J connectivity index is 3.04. The zero-order valence-corrected chi connectivity index (χ0v) is 18.0. The van der Waals surface area contributed by atoms with E-state index in [0.717, 1.165) is 30.4 Å². The molecule has 0 aromatic heterocycles. The lowest BCUT2D eigenvalue weighted by atomic mass is 10.0. The summed E-state index contributed by atoms with van der Waals surface area (Å²) in [6.45, 7) is 2.28. The molecule has 4 heteroatoms. The Morgan fingerprint density at radius 1 is 0.654 bits per heavy atom. The second-order valence-electron chi connectivity index (χ2n) is 7.57. The number of carboxylic acid groups (broad SMARTS) is 1. The van der Waals surface area contributed by atoms with Crippen LogP contribution >= 0.6 is 11.8 Å². The molecule has 0 spiro atoms. The standard InChI is InChI=1S/C22H44O3S/c1-2-3-4-5-6-7-8-9-10-11-12-13-14-15-16-17-18-19-20-26-22(25)21(23)24/h22,25H,2-20H2,1H3,(H,23,24). The third-order valence-electron chi connectivity index (χ3n) is 4.98. The minimum Gasteiger partial charge on any atom is -0.479 e. The highest BCUT2D eigenvalue weighted by molar-refractivity contribution is 8.00. The Morgan fingerprint density at radius 3 is 1.27 bits per heavy atom. The predicted molar refractivity (Wildman–Crippen MR) is 115 cm³/mol. The molecule has 0 aliphatic rings. The van der Waals surface area contributed by atoms with Crippen molar-refractivity contribution in [3.63, 3.8) is 0 Å². The van der Waals surface area contributed by atoms with Gasteiger partial charge in [0.05, 0.1) is 0 Å². The van der Waals surface area contributed by atoms with Crippen molar-refractivity contribution in [3.8, 4) is 0 Å². The third-order valence-corrected chi connectivity index (χ3v) is 6.03. The van der Waals surface area contributed by atoms with Crippen molar-refractivity contribution in [1.82, 2.24) is 0 Å². The summed E-state index contributed by atoms with van der Waals surface area (Å²) in [5, 5.41) is 17.7. The summed E-state index contributed by atoms with van der Waals surface area (Å²) in [6, 6.07) is 0. The van der Waals surface area contributed by atoms with Crippen molar-refractivity contribution in [2.24, 2.45) is 0 Å². The fourth-order valence-corrected chi connectivity index (χ4v) is 4.01. The third kappa shape index (κ3) is 20.1. The van der Waals surface area contributed by atoms with Crippen LogP contribution in [0.15, 0.2) is 0 Å². The molecule has 0 aliphatic carbocycles. The summed E-state index contributed by atoms with van der Waals surface area (Å²) in [5.74, 6) is -0.385. The van der Waals surface area contributed by atoms with Crippen LogP contribution in [0.25, 0.3) is 0 Å². The van der Waals surface area contributed by atoms with Crippen LogP contribution in [0, 0.1) is 0 Å². The molecule has 156 valence electrons. The van der Waals surface area contributed by atoms with Crippen LogP contribution in [0.1, 0.15) is 122 Å². The summed E-state index contributed by atoms with van der Waals surface area (Å²) in [5.41, 5.74) is -1.25. The van der Waals surface area contributed by atoms with Crippen molar-refractivity contribution >= 4 is 17.7 Å². The van der Waals surface area contributed by atoms with E-state index in [2.05, 4.69) is 6.92 Å². The molecule has 0 radical (unpaired) electrons. The van der Waals surface area contributed by atoms with Gasteiger partial charge < -0.3 is 10.2 Å². The molecule has 0 amide bonds. The lowest BCUT2D eigenvalue weighted by molar-refractivity contribution is -0.141. The van der Waals surface area contributed by atoms with Crippen LogP contribution in [0.5, 0.6) is 0 Å². The number of aliphatic hydroxyl groups is 1. The van der Waals surface area contributed by atoms with E-state index in [-0.39, 0.29) is 0 Å². The van der Waals surface area contributed by atoms with Gasteiger partial charge in [-0.3, -0.25) is 0 Å². The van der Waals surface area contributed by atoms with E-state index in [1.165, 1.54) is 103 Å². The molecule has 2 N–H and O–H groups in total.